The van der Waals surface area contributed by atoms with E-state index in [0.717, 1.165) is 10.8 Å². The molecule has 2 amide bonds. The van der Waals surface area contributed by atoms with E-state index in [4.69, 9.17) is 26.2 Å². The number of likely N-dealkylation sites (tertiary alicyclic amines) is 1. The molecule has 0 aliphatic carbocycles. The van der Waals surface area contributed by atoms with E-state index in [1.165, 1.54) is 11.0 Å². The predicted molar refractivity (Wildman–Crippen MR) is 141 cm³/mol. The normalized spacial score (nSPS) is 23.6. The molecule has 224 valence electrons. The van der Waals surface area contributed by atoms with Crippen molar-refractivity contribution in [3.05, 3.63) is 41.4 Å². The Morgan fingerprint density at radius 2 is 1.71 bits per heavy atom. The summed E-state index contributed by atoms with van der Waals surface area (Å²) in [5.41, 5.74) is 0. The topological polar surface area (TPSA) is 145 Å². The van der Waals surface area contributed by atoms with Crippen LogP contribution in [-0.2, 0) is 29.1 Å². The van der Waals surface area contributed by atoms with E-state index in [1.807, 2.05) is 0 Å². The summed E-state index contributed by atoms with van der Waals surface area (Å²) in [4.78, 5) is 38.4. The maximum Gasteiger partial charge on any atom is 0.490 e. The summed E-state index contributed by atoms with van der Waals surface area (Å²) in [5.74, 6) is -3.27. The molecule has 16 heteroatoms. The number of morpholine rings is 2. The number of aliphatic carboxylic acids is 1. The third-order valence-electron chi connectivity index (χ3n) is 6.98. The molecule has 2 aromatic rings. The number of fused-ring (bicyclic) bond motifs is 3. The molecule has 3 N–H and O–H groups in total. The van der Waals surface area contributed by atoms with Crippen LogP contribution in [-0.4, -0.2) is 104 Å². The lowest BCUT2D eigenvalue weighted by molar-refractivity contribution is -0.192. The Bertz CT molecular complexity index is 1430. The first kappa shape index (κ1) is 31.0. The first-order chi connectivity index (χ1) is 19.2. The molecule has 0 radical (unpaired) electrons. The number of carboxylic acids is 1. The van der Waals surface area contributed by atoms with Crippen molar-refractivity contribution in [2.24, 2.45) is 0 Å². The van der Waals surface area contributed by atoms with Gasteiger partial charge in [-0.1, -0.05) is 23.7 Å². The van der Waals surface area contributed by atoms with Gasteiger partial charge >= 0.3 is 12.1 Å². The van der Waals surface area contributed by atoms with Crippen LogP contribution in [0.5, 0.6) is 0 Å². The molecule has 5 rings (SSSR count). The molecular weight excluding hydrogens is 593 g/mol. The molecule has 4 atom stereocenters. The number of rotatable bonds is 5. The number of carbonyl (C=O) groups is 3. The molecule has 3 saturated heterocycles. The van der Waals surface area contributed by atoms with Gasteiger partial charge in [0.25, 0.3) is 0 Å². The fourth-order valence-corrected chi connectivity index (χ4v) is 6.38. The zero-order valence-corrected chi connectivity index (χ0v) is 23.3. The van der Waals surface area contributed by atoms with E-state index in [2.05, 4.69) is 10.0 Å². The SMILES string of the molecule is C[C@@H](C(=O)N1C[C@H]2CNC[C@@H](C1)O2)N1CC[C@H](NS(=O)(=O)c2ccc3cc(Cl)ccc3c2)C1=O.O=C(O)C(F)(F)F. The Hall–Kier alpha value is -2.98. The Morgan fingerprint density at radius 1 is 1.12 bits per heavy atom. The number of sulfonamides is 1. The van der Waals surface area contributed by atoms with Crippen molar-refractivity contribution >= 4 is 50.2 Å². The van der Waals surface area contributed by atoms with Gasteiger partial charge in [0.2, 0.25) is 21.8 Å². The highest BCUT2D eigenvalue weighted by Gasteiger charge is 2.42. The number of carbonyl (C=O) groups excluding carboxylic acids is 2. The van der Waals surface area contributed by atoms with Gasteiger partial charge in [0.1, 0.15) is 12.1 Å². The molecule has 41 heavy (non-hydrogen) atoms. The summed E-state index contributed by atoms with van der Waals surface area (Å²) in [7, 11) is -3.93. The van der Waals surface area contributed by atoms with Crippen molar-refractivity contribution in [1.29, 1.82) is 0 Å². The lowest BCUT2D eigenvalue weighted by Gasteiger charge is -2.43. The van der Waals surface area contributed by atoms with Crippen LogP contribution < -0.4 is 10.0 Å². The highest BCUT2D eigenvalue weighted by Crippen LogP contribution is 2.25. The molecular formula is C25H28ClF3N4O7S. The number of nitrogens with zero attached hydrogens (tertiary/aromatic N) is 2. The molecule has 3 aliphatic heterocycles. The van der Waals surface area contributed by atoms with Crippen molar-refractivity contribution < 1.29 is 45.8 Å². The first-order valence-electron chi connectivity index (χ1n) is 12.6. The minimum atomic E-state index is -5.08. The lowest BCUT2D eigenvalue weighted by atomic mass is 10.1. The van der Waals surface area contributed by atoms with E-state index >= 15 is 0 Å². The molecule has 2 bridgehead atoms. The number of hydrogen-bond acceptors (Lipinski definition) is 7. The monoisotopic (exact) mass is 620 g/mol. The molecule has 11 nitrogen and oxygen atoms in total. The van der Waals surface area contributed by atoms with Crippen LogP contribution in [0.2, 0.25) is 5.02 Å². The largest absolute Gasteiger partial charge is 0.490 e. The zero-order valence-electron chi connectivity index (χ0n) is 21.7. The van der Waals surface area contributed by atoms with Crippen LogP contribution in [0, 0.1) is 0 Å². The third kappa shape index (κ3) is 7.27. The second kappa shape index (κ2) is 12.1. The highest BCUT2D eigenvalue weighted by atomic mass is 35.5. The number of benzene rings is 2. The van der Waals surface area contributed by atoms with Crippen LogP contribution in [0.25, 0.3) is 10.8 Å². The Labute approximate surface area is 238 Å². The summed E-state index contributed by atoms with van der Waals surface area (Å²) in [6, 6.07) is 8.37. The lowest BCUT2D eigenvalue weighted by Crippen LogP contribution is -2.62. The van der Waals surface area contributed by atoms with Crippen LogP contribution in [0.1, 0.15) is 13.3 Å². The van der Waals surface area contributed by atoms with Gasteiger partial charge in [0.15, 0.2) is 0 Å². The average Bonchev–Trinajstić information content (AvgIpc) is 3.26. The van der Waals surface area contributed by atoms with Gasteiger partial charge in [-0.2, -0.15) is 17.9 Å². The highest BCUT2D eigenvalue weighted by molar-refractivity contribution is 7.89. The van der Waals surface area contributed by atoms with Crippen LogP contribution >= 0.6 is 11.6 Å². The molecule has 0 aromatic heterocycles. The molecule has 0 saturated carbocycles. The molecule has 3 heterocycles. The number of amides is 2. The summed E-state index contributed by atoms with van der Waals surface area (Å²) >= 11 is 6.00. The minimum absolute atomic E-state index is 0.0459. The number of alkyl halides is 3. The number of halogens is 4. The van der Waals surface area contributed by atoms with E-state index in [-0.39, 0.29) is 28.9 Å². The van der Waals surface area contributed by atoms with Crippen LogP contribution in [0.4, 0.5) is 13.2 Å². The van der Waals surface area contributed by atoms with Crippen LogP contribution in [0.3, 0.4) is 0 Å². The fraction of sp³-hybridized carbons (Fsp3) is 0.480. The smallest absolute Gasteiger partial charge is 0.475 e. The van der Waals surface area contributed by atoms with Gasteiger partial charge < -0.3 is 25.0 Å². The fourth-order valence-electron chi connectivity index (χ4n) is 4.95. The number of carboxylic acid groups (broad SMARTS) is 1. The predicted octanol–water partition coefficient (Wildman–Crippen LogP) is 1.59. The summed E-state index contributed by atoms with van der Waals surface area (Å²) < 4.78 is 66.1. The van der Waals surface area contributed by atoms with Gasteiger partial charge in [-0.15, -0.1) is 0 Å². The molecule has 0 unspecified atom stereocenters. The van der Waals surface area contributed by atoms with Crippen molar-refractivity contribution in [2.75, 3.05) is 32.7 Å². The first-order valence-corrected chi connectivity index (χ1v) is 14.5. The third-order valence-corrected chi connectivity index (χ3v) is 8.68. The van der Waals surface area contributed by atoms with E-state index in [0.29, 0.717) is 44.2 Å². The Morgan fingerprint density at radius 3 is 2.32 bits per heavy atom. The second-order valence-corrected chi connectivity index (χ2v) is 12.1. The standard InChI is InChI=1S/C23H27ClN4O5S.C2HF3O2/c1-14(22(29)27-12-18-10-25-11-19(13-27)33-18)28-7-6-21(23(28)30)26-34(31,32)20-5-3-15-8-17(24)4-2-16(15)9-20;3-2(4,5)1(6)7/h2-5,8-9,14,18-19,21,25-26H,6-7,10-13H2,1H3;(H,6,7)/t14-,18-,19+,21-;/m0./s1. The molecule has 3 aliphatic rings. The van der Waals surface area contributed by atoms with Gasteiger partial charge in [0.05, 0.1) is 17.1 Å². The molecule has 2 aromatic carbocycles. The quantitative estimate of drug-likeness (QED) is 0.457. The Balaban J connectivity index is 0.000000493. The molecule has 3 fully saturated rings. The van der Waals surface area contributed by atoms with Crippen LogP contribution in [0.15, 0.2) is 41.3 Å². The van der Waals surface area contributed by atoms with Gasteiger partial charge in [-0.3, -0.25) is 9.59 Å². The van der Waals surface area contributed by atoms with Crippen molar-refractivity contribution in [3.8, 4) is 0 Å². The Kier molecular flexibility index (Phi) is 9.13. The van der Waals surface area contributed by atoms with Crippen molar-refractivity contribution in [2.45, 2.75) is 48.7 Å². The van der Waals surface area contributed by atoms with E-state index in [9.17, 15) is 31.2 Å². The number of ether oxygens (including phenoxy) is 1. The van der Waals surface area contributed by atoms with Crippen molar-refractivity contribution in [3.63, 3.8) is 0 Å². The average molecular weight is 621 g/mol. The maximum absolute atomic E-state index is 13.1. The second-order valence-electron chi connectivity index (χ2n) is 9.91. The number of nitrogens with one attached hydrogen (secondary N) is 2. The van der Waals surface area contributed by atoms with Gasteiger partial charge in [-0.25, -0.2) is 13.2 Å². The summed E-state index contributed by atoms with van der Waals surface area (Å²) in [6.07, 6.45) is -4.87. The van der Waals surface area contributed by atoms with Gasteiger partial charge in [-0.05, 0) is 48.4 Å². The number of hydrogen-bond donors (Lipinski definition) is 3. The summed E-state index contributed by atoms with van der Waals surface area (Å²) in [6.45, 7) is 4.38. The molecule has 0 spiro atoms. The maximum atomic E-state index is 13.1. The van der Waals surface area contributed by atoms with E-state index < -0.39 is 34.3 Å². The summed E-state index contributed by atoms with van der Waals surface area (Å²) in [5, 5.41) is 12.5. The minimum Gasteiger partial charge on any atom is -0.475 e. The van der Waals surface area contributed by atoms with E-state index in [1.54, 1.807) is 42.2 Å². The van der Waals surface area contributed by atoms with Crippen molar-refractivity contribution in [1.82, 2.24) is 19.8 Å². The zero-order chi connectivity index (χ0) is 30.1. The van der Waals surface area contributed by atoms with Gasteiger partial charge in [0, 0.05) is 37.7 Å².